The highest BCUT2D eigenvalue weighted by atomic mass is 16.5. The number of likely N-dealkylation sites (tertiary alicyclic amines) is 1. The number of hydrogen-bond acceptors (Lipinski definition) is 5. The van der Waals surface area contributed by atoms with E-state index in [4.69, 9.17) is 4.74 Å². The Labute approximate surface area is 127 Å². The summed E-state index contributed by atoms with van der Waals surface area (Å²) in [5, 5.41) is 18.6. The molecule has 5 nitrogen and oxygen atoms in total. The Morgan fingerprint density at radius 2 is 2.14 bits per heavy atom. The largest absolute Gasteiger partial charge is 0.466 e. The summed E-state index contributed by atoms with van der Waals surface area (Å²) in [6.45, 7) is 4.92. The molecule has 1 unspecified atom stereocenters. The average molecular weight is 296 g/mol. The van der Waals surface area contributed by atoms with E-state index in [1.807, 2.05) is 6.92 Å². The van der Waals surface area contributed by atoms with E-state index in [9.17, 15) is 15.2 Å². The minimum absolute atomic E-state index is 0.0421. The van der Waals surface area contributed by atoms with Crippen LogP contribution in [-0.4, -0.2) is 48.8 Å². The van der Waals surface area contributed by atoms with Gasteiger partial charge < -0.3 is 14.7 Å². The maximum atomic E-state index is 11.2. The van der Waals surface area contributed by atoms with E-state index in [0.717, 1.165) is 51.6 Å². The second-order valence-corrected chi connectivity index (χ2v) is 5.90. The summed E-state index contributed by atoms with van der Waals surface area (Å²) in [4.78, 5) is 13.5. The van der Waals surface area contributed by atoms with Gasteiger partial charge in [-0.3, -0.25) is 4.79 Å². The fourth-order valence-electron chi connectivity index (χ4n) is 2.87. The van der Waals surface area contributed by atoms with Crippen molar-refractivity contribution in [3.8, 4) is 6.07 Å². The summed E-state index contributed by atoms with van der Waals surface area (Å²) in [7, 11) is 0. The van der Waals surface area contributed by atoms with Gasteiger partial charge in [0.25, 0.3) is 0 Å². The van der Waals surface area contributed by atoms with Crippen molar-refractivity contribution >= 4 is 5.97 Å². The standard InChI is InChI=1S/C16H28N2O3/c1-2-21-15(20)8-5-3-4-6-10-18-11-7-9-16(12-17,13-18)14-19/h19H,2-11,13-14H2,1H3. The molecular formula is C16H28N2O3. The van der Waals surface area contributed by atoms with Crippen LogP contribution in [0.25, 0.3) is 0 Å². The molecule has 0 bridgehead atoms. The van der Waals surface area contributed by atoms with E-state index in [-0.39, 0.29) is 12.6 Å². The zero-order chi connectivity index (χ0) is 15.6. The quantitative estimate of drug-likeness (QED) is 0.521. The molecule has 21 heavy (non-hydrogen) atoms. The second-order valence-electron chi connectivity index (χ2n) is 5.90. The van der Waals surface area contributed by atoms with Crippen molar-refractivity contribution in [3.63, 3.8) is 0 Å². The number of aliphatic hydroxyl groups excluding tert-OH is 1. The number of carbonyl (C=O) groups excluding carboxylic acids is 1. The van der Waals surface area contributed by atoms with Gasteiger partial charge in [-0.25, -0.2) is 0 Å². The Hall–Kier alpha value is -1.12. The van der Waals surface area contributed by atoms with E-state index in [2.05, 4.69) is 11.0 Å². The third-order valence-corrected chi connectivity index (χ3v) is 4.11. The first-order valence-corrected chi connectivity index (χ1v) is 8.06. The number of unbranched alkanes of at least 4 members (excludes halogenated alkanes) is 3. The zero-order valence-corrected chi connectivity index (χ0v) is 13.1. The molecule has 1 rings (SSSR count). The van der Waals surface area contributed by atoms with Crippen molar-refractivity contribution in [2.75, 3.05) is 32.8 Å². The van der Waals surface area contributed by atoms with Gasteiger partial charge in [0.1, 0.15) is 0 Å². The van der Waals surface area contributed by atoms with Gasteiger partial charge in [0, 0.05) is 13.0 Å². The van der Waals surface area contributed by atoms with Crippen molar-refractivity contribution in [1.29, 1.82) is 5.26 Å². The maximum Gasteiger partial charge on any atom is 0.305 e. The second kappa shape index (κ2) is 9.75. The van der Waals surface area contributed by atoms with Crippen LogP contribution in [0.1, 0.15) is 51.9 Å². The number of nitrogens with zero attached hydrogens (tertiary/aromatic N) is 2. The van der Waals surface area contributed by atoms with Crippen LogP contribution in [-0.2, 0) is 9.53 Å². The molecule has 0 aromatic rings. The minimum atomic E-state index is -0.553. The third-order valence-electron chi connectivity index (χ3n) is 4.11. The Morgan fingerprint density at radius 3 is 2.81 bits per heavy atom. The molecule has 0 aromatic heterocycles. The molecule has 5 heteroatoms. The van der Waals surface area contributed by atoms with Crippen LogP contribution in [0.5, 0.6) is 0 Å². The van der Waals surface area contributed by atoms with Crippen LogP contribution >= 0.6 is 0 Å². The van der Waals surface area contributed by atoms with Gasteiger partial charge in [-0.1, -0.05) is 12.8 Å². The van der Waals surface area contributed by atoms with Gasteiger partial charge >= 0.3 is 5.97 Å². The highest BCUT2D eigenvalue weighted by Gasteiger charge is 2.34. The molecule has 1 heterocycles. The van der Waals surface area contributed by atoms with Gasteiger partial charge in [0.2, 0.25) is 0 Å². The molecule has 0 spiro atoms. The fourth-order valence-corrected chi connectivity index (χ4v) is 2.87. The molecule has 1 N–H and O–H groups in total. The minimum Gasteiger partial charge on any atom is -0.466 e. The lowest BCUT2D eigenvalue weighted by atomic mass is 9.82. The van der Waals surface area contributed by atoms with Crippen LogP contribution in [0.3, 0.4) is 0 Å². The van der Waals surface area contributed by atoms with E-state index >= 15 is 0 Å². The van der Waals surface area contributed by atoms with Crippen molar-refractivity contribution in [3.05, 3.63) is 0 Å². The summed E-state index contributed by atoms with van der Waals surface area (Å²) in [5.74, 6) is -0.102. The van der Waals surface area contributed by atoms with Gasteiger partial charge in [0.15, 0.2) is 0 Å². The number of hydrogen-bond donors (Lipinski definition) is 1. The van der Waals surface area contributed by atoms with Gasteiger partial charge in [0.05, 0.1) is 24.7 Å². The number of piperidine rings is 1. The molecule has 0 aliphatic carbocycles. The lowest BCUT2D eigenvalue weighted by Gasteiger charge is -2.37. The monoisotopic (exact) mass is 296 g/mol. The first-order valence-electron chi connectivity index (χ1n) is 8.06. The van der Waals surface area contributed by atoms with Crippen LogP contribution in [0.4, 0.5) is 0 Å². The fraction of sp³-hybridized carbons (Fsp3) is 0.875. The smallest absolute Gasteiger partial charge is 0.305 e. The number of aliphatic hydroxyl groups is 1. The Morgan fingerprint density at radius 1 is 1.38 bits per heavy atom. The summed E-state index contributed by atoms with van der Waals surface area (Å²) in [6, 6.07) is 2.29. The molecule has 1 fully saturated rings. The molecule has 1 saturated heterocycles. The predicted molar refractivity (Wildman–Crippen MR) is 80.5 cm³/mol. The Bertz CT molecular complexity index is 354. The van der Waals surface area contributed by atoms with Crippen LogP contribution < -0.4 is 0 Å². The highest BCUT2D eigenvalue weighted by molar-refractivity contribution is 5.69. The molecule has 1 aliphatic rings. The van der Waals surface area contributed by atoms with E-state index in [0.29, 0.717) is 19.6 Å². The maximum absolute atomic E-state index is 11.2. The molecule has 0 aromatic carbocycles. The Kier molecular flexibility index (Phi) is 8.33. The van der Waals surface area contributed by atoms with Gasteiger partial charge in [-0.05, 0) is 45.7 Å². The average Bonchev–Trinajstić information content (AvgIpc) is 2.51. The van der Waals surface area contributed by atoms with Gasteiger partial charge in [-0.15, -0.1) is 0 Å². The van der Waals surface area contributed by atoms with E-state index in [1.165, 1.54) is 0 Å². The van der Waals surface area contributed by atoms with Crippen LogP contribution in [0, 0.1) is 16.7 Å². The van der Waals surface area contributed by atoms with Crippen molar-refractivity contribution in [1.82, 2.24) is 4.90 Å². The first-order chi connectivity index (χ1) is 10.2. The molecule has 1 aliphatic heterocycles. The zero-order valence-electron chi connectivity index (χ0n) is 13.1. The van der Waals surface area contributed by atoms with Crippen molar-refractivity contribution in [2.24, 2.45) is 5.41 Å². The summed E-state index contributed by atoms with van der Waals surface area (Å²) in [5.41, 5.74) is -0.553. The summed E-state index contributed by atoms with van der Waals surface area (Å²) in [6.07, 6.45) is 6.39. The SMILES string of the molecule is CCOC(=O)CCCCCCN1CCCC(C#N)(CO)C1. The Balaban J connectivity index is 2.10. The lowest BCUT2D eigenvalue weighted by Crippen LogP contribution is -2.44. The first kappa shape index (κ1) is 17.9. The predicted octanol–water partition coefficient (Wildman–Crippen LogP) is 2.10. The lowest BCUT2D eigenvalue weighted by molar-refractivity contribution is -0.143. The van der Waals surface area contributed by atoms with Crippen molar-refractivity contribution in [2.45, 2.75) is 51.9 Å². The summed E-state index contributed by atoms with van der Waals surface area (Å²) >= 11 is 0. The number of carbonyl (C=O) groups is 1. The molecule has 0 radical (unpaired) electrons. The number of rotatable bonds is 9. The number of esters is 1. The molecule has 120 valence electrons. The molecule has 0 amide bonds. The highest BCUT2D eigenvalue weighted by Crippen LogP contribution is 2.28. The molecular weight excluding hydrogens is 268 g/mol. The topological polar surface area (TPSA) is 73.6 Å². The normalized spacial score (nSPS) is 22.7. The van der Waals surface area contributed by atoms with Crippen LogP contribution in [0.15, 0.2) is 0 Å². The van der Waals surface area contributed by atoms with Gasteiger partial charge in [-0.2, -0.15) is 5.26 Å². The summed E-state index contributed by atoms with van der Waals surface area (Å²) < 4.78 is 4.89. The third kappa shape index (κ3) is 6.45. The molecule has 1 atom stereocenters. The van der Waals surface area contributed by atoms with E-state index in [1.54, 1.807) is 0 Å². The van der Waals surface area contributed by atoms with E-state index < -0.39 is 5.41 Å². The molecule has 0 saturated carbocycles. The van der Waals surface area contributed by atoms with Crippen molar-refractivity contribution < 1.29 is 14.6 Å². The van der Waals surface area contributed by atoms with Crippen LogP contribution in [0.2, 0.25) is 0 Å². The number of ether oxygens (including phenoxy) is 1. The number of nitriles is 1.